The molecule has 3 heterocycles. The number of benzene rings is 3. The average molecular weight is 335 g/mol. The Hall–Kier alpha value is -3.13. The monoisotopic (exact) mass is 335 g/mol. The molecule has 0 bridgehead atoms. The van der Waals surface area contributed by atoms with E-state index in [9.17, 15) is 0 Å². The molecule has 0 saturated carbocycles. The van der Waals surface area contributed by atoms with Crippen LogP contribution >= 0.6 is 0 Å². The predicted molar refractivity (Wildman–Crippen MR) is 109 cm³/mol. The quantitative estimate of drug-likeness (QED) is 0.199. The molecular formula is C24H19N2+. The van der Waals surface area contributed by atoms with Gasteiger partial charge in [-0.25, -0.2) is 0 Å². The number of fused-ring (bicyclic) bond motifs is 5. The lowest BCUT2D eigenvalue weighted by molar-refractivity contribution is -0.644. The molecule has 6 rings (SSSR count). The molecule has 3 aromatic carbocycles. The van der Waals surface area contributed by atoms with Gasteiger partial charge in [-0.15, -0.1) is 0 Å². The smallest absolute Gasteiger partial charge is 0.238 e. The highest BCUT2D eigenvalue weighted by Gasteiger charge is 2.24. The minimum absolute atomic E-state index is 1.29. The van der Waals surface area contributed by atoms with Gasteiger partial charge in [0, 0.05) is 22.2 Å². The maximum atomic E-state index is 2.49. The van der Waals surface area contributed by atoms with Gasteiger partial charge in [0.05, 0.1) is 16.4 Å². The van der Waals surface area contributed by atoms with E-state index in [-0.39, 0.29) is 0 Å². The molecule has 2 nitrogen and oxygen atoms in total. The van der Waals surface area contributed by atoms with Crippen LogP contribution in [0.15, 0.2) is 60.8 Å². The summed E-state index contributed by atoms with van der Waals surface area (Å²) in [5, 5.41) is 6.73. The van der Waals surface area contributed by atoms with Gasteiger partial charge >= 0.3 is 0 Å². The molecule has 0 radical (unpaired) electrons. The first-order chi connectivity index (χ1) is 12.7. The van der Waals surface area contributed by atoms with Crippen molar-refractivity contribution in [1.29, 1.82) is 0 Å². The molecular weight excluding hydrogens is 316 g/mol. The molecule has 0 fully saturated rings. The van der Waals surface area contributed by atoms with Crippen LogP contribution in [0.25, 0.3) is 49.0 Å². The van der Waals surface area contributed by atoms with Gasteiger partial charge in [0.25, 0.3) is 0 Å². The second-order valence-corrected chi connectivity index (χ2v) is 7.48. The lowest BCUT2D eigenvalue weighted by atomic mass is 9.96. The molecule has 124 valence electrons. The Morgan fingerprint density at radius 3 is 2.35 bits per heavy atom. The number of hydrogen-bond acceptors (Lipinski definition) is 0. The molecule has 0 aliphatic carbocycles. The first-order valence-electron chi connectivity index (χ1n) is 9.12. The van der Waals surface area contributed by atoms with Crippen LogP contribution in [-0.2, 0) is 7.05 Å². The summed E-state index contributed by atoms with van der Waals surface area (Å²) in [6, 6.07) is 20.1. The normalized spacial score (nSPS) is 12.4. The number of para-hydroxylation sites is 1. The molecule has 0 saturated heterocycles. The van der Waals surface area contributed by atoms with E-state index in [0.29, 0.717) is 0 Å². The summed E-state index contributed by atoms with van der Waals surface area (Å²) in [5.41, 5.74) is 7.94. The molecule has 26 heavy (non-hydrogen) atoms. The van der Waals surface area contributed by atoms with Gasteiger partial charge in [0.2, 0.25) is 5.52 Å². The van der Waals surface area contributed by atoms with Crippen LogP contribution in [-0.4, -0.2) is 4.40 Å². The summed E-state index contributed by atoms with van der Waals surface area (Å²) in [6.45, 7) is 4.47. The van der Waals surface area contributed by atoms with Crippen molar-refractivity contribution in [3.63, 3.8) is 0 Å². The highest BCUT2D eigenvalue weighted by Crippen LogP contribution is 2.40. The summed E-state index contributed by atoms with van der Waals surface area (Å²) in [4.78, 5) is 0. The standard InChI is InChI=1S/C24H19N2/c1-14-8-10-16-11-9-15(2)22-21(16)20(14)24-23-18(12-13-25(24)3)17-6-4-5-7-19(17)26(22)23/h4-13H,1-3H3/q+1. The van der Waals surface area contributed by atoms with Crippen molar-refractivity contribution >= 4 is 49.0 Å². The molecule has 0 N–H and O–H groups in total. The second-order valence-electron chi connectivity index (χ2n) is 7.48. The Balaban J connectivity index is 2.19. The Kier molecular flexibility index (Phi) is 2.45. The fourth-order valence-corrected chi connectivity index (χ4v) is 4.82. The van der Waals surface area contributed by atoms with Gasteiger partial charge in [-0.1, -0.05) is 42.5 Å². The van der Waals surface area contributed by atoms with E-state index < -0.39 is 0 Å². The second kappa shape index (κ2) is 4.53. The van der Waals surface area contributed by atoms with Crippen LogP contribution in [0.4, 0.5) is 0 Å². The van der Waals surface area contributed by atoms with Gasteiger partial charge < -0.3 is 4.40 Å². The van der Waals surface area contributed by atoms with Crippen molar-refractivity contribution in [3.8, 4) is 0 Å². The van der Waals surface area contributed by atoms with E-state index >= 15 is 0 Å². The van der Waals surface area contributed by atoms with Crippen LogP contribution in [0.5, 0.6) is 0 Å². The van der Waals surface area contributed by atoms with Crippen molar-refractivity contribution in [3.05, 3.63) is 71.9 Å². The maximum Gasteiger partial charge on any atom is 0.238 e. The zero-order valence-corrected chi connectivity index (χ0v) is 15.2. The molecule has 0 aliphatic heterocycles. The van der Waals surface area contributed by atoms with E-state index in [1.54, 1.807) is 0 Å². The first kappa shape index (κ1) is 14.1. The van der Waals surface area contributed by atoms with Crippen molar-refractivity contribution in [2.45, 2.75) is 13.8 Å². The Morgan fingerprint density at radius 2 is 1.50 bits per heavy atom. The van der Waals surface area contributed by atoms with Crippen molar-refractivity contribution in [2.24, 2.45) is 7.05 Å². The minimum atomic E-state index is 1.29. The van der Waals surface area contributed by atoms with Crippen LogP contribution in [0.2, 0.25) is 0 Å². The largest absolute Gasteiger partial charge is 0.303 e. The van der Waals surface area contributed by atoms with Crippen LogP contribution in [0.3, 0.4) is 0 Å². The van der Waals surface area contributed by atoms with E-state index in [1.807, 2.05) is 0 Å². The first-order valence-corrected chi connectivity index (χ1v) is 9.12. The van der Waals surface area contributed by atoms with Gasteiger partial charge in [-0.05, 0) is 36.4 Å². The van der Waals surface area contributed by atoms with Crippen LogP contribution < -0.4 is 4.57 Å². The summed E-state index contributed by atoms with van der Waals surface area (Å²) < 4.78 is 4.77. The molecule has 0 aliphatic rings. The average Bonchev–Trinajstić information content (AvgIpc) is 2.98. The minimum Gasteiger partial charge on any atom is -0.303 e. The van der Waals surface area contributed by atoms with Crippen molar-refractivity contribution in [2.75, 3.05) is 0 Å². The number of nitrogens with zero attached hydrogens (tertiary/aromatic N) is 2. The van der Waals surface area contributed by atoms with Gasteiger partial charge in [0.1, 0.15) is 12.6 Å². The fourth-order valence-electron chi connectivity index (χ4n) is 4.82. The number of rotatable bonds is 0. The SMILES string of the molecule is Cc1ccc2ccc(C)c3c2c1c1c2c(cc[n+]1C)c1ccccc1n32. The third kappa shape index (κ3) is 1.47. The topological polar surface area (TPSA) is 8.29 Å². The van der Waals surface area contributed by atoms with Gasteiger partial charge in [-0.3, -0.25) is 0 Å². The fraction of sp³-hybridized carbons (Fsp3) is 0.125. The summed E-state index contributed by atoms with van der Waals surface area (Å²) in [5.74, 6) is 0. The van der Waals surface area contributed by atoms with Crippen molar-refractivity contribution in [1.82, 2.24) is 4.40 Å². The number of aromatic nitrogens is 2. The lowest BCUT2D eigenvalue weighted by Crippen LogP contribution is -2.29. The Bertz CT molecular complexity index is 1500. The molecule has 2 heteroatoms. The van der Waals surface area contributed by atoms with E-state index in [1.165, 1.54) is 60.1 Å². The van der Waals surface area contributed by atoms with E-state index in [2.05, 4.69) is 90.7 Å². The number of hydrogen-bond donors (Lipinski definition) is 0. The molecule has 0 atom stereocenters. The number of pyridine rings is 2. The van der Waals surface area contributed by atoms with E-state index in [4.69, 9.17) is 0 Å². The molecule has 0 spiro atoms. The Labute approximate surface area is 151 Å². The summed E-state index contributed by atoms with van der Waals surface area (Å²) in [6.07, 6.45) is 2.20. The number of aryl methyl sites for hydroxylation is 3. The molecule has 3 aromatic heterocycles. The molecule has 0 unspecified atom stereocenters. The third-order valence-corrected chi connectivity index (χ3v) is 5.99. The lowest BCUT2D eigenvalue weighted by Gasteiger charge is -2.14. The maximum absolute atomic E-state index is 2.49. The van der Waals surface area contributed by atoms with Gasteiger partial charge in [-0.2, -0.15) is 4.57 Å². The zero-order chi connectivity index (χ0) is 17.6. The highest BCUT2D eigenvalue weighted by molar-refractivity contribution is 6.26. The molecule has 6 aromatic rings. The Morgan fingerprint density at radius 1 is 0.731 bits per heavy atom. The van der Waals surface area contributed by atoms with E-state index in [0.717, 1.165) is 0 Å². The van der Waals surface area contributed by atoms with Gasteiger partial charge in [0.15, 0.2) is 6.20 Å². The highest BCUT2D eigenvalue weighted by atomic mass is 15.0. The van der Waals surface area contributed by atoms with Crippen molar-refractivity contribution < 1.29 is 4.57 Å². The molecule has 0 amide bonds. The summed E-state index contributed by atoms with van der Waals surface area (Å²) >= 11 is 0. The van der Waals surface area contributed by atoms with Crippen LogP contribution in [0.1, 0.15) is 11.1 Å². The third-order valence-electron chi connectivity index (χ3n) is 5.99. The predicted octanol–water partition coefficient (Wildman–Crippen LogP) is 5.43. The van der Waals surface area contributed by atoms with Crippen LogP contribution in [0, 0.1) is 13.8 Å². The zero-order valence-electron chi connectivity index (χ0n) is 15.2. The summed E-state index contributed by atoms with van der Waals surface area (Å²) in [7, 11) is 2.16.